The van der Waals surface area contributed by atoms with Crippen molar-refractivity contribution in [3.63, 3.8) is 0 Å². The summed E-state index contributed by atoms with van der Waals surface area (Å²) in [7, 11) is 0. The van der Waals surface area contributed by atoms with Crippen LogP contribution in [-0.4, -0.2) is 45.4 Å². The zero-order chi connectivity index (χ0) is 18.7. The normalized spacial score (nSPS) is 18.8. The number of urea groups is 1. The Kier molecular flexibility index (Phi) is 5.58. The van der Waals surface area contributed by atoms with Crippen LogP contribution in [0.25, 0.3) is 0 Å². The SMILES string of the molecule is Cc1nc(CC2CCCN(C(=O)NC(C)Cc3c(C)noc3C)C2)no1. The summed E-state index contributed by atoms with van der Waals surface area (Å²) in [6.07, 6.45) is 3.53. The van der Waals surface area contributed by atoms with Crippen molar-refractivity contribution < 1.29 is 13.8 Å². The van der Waals surface area contributed by atoms with Gasteiger partial charge in [-0.3, -0.25) is 0 Å². The van der Waals surface area contributed by atoms with Gasteiger partial charge in [0.05, 0.1) is 5.69 Å². The monoisotopic (exact) mass is 361 g/mol. The van der Waals surface area contributed by atoms with Gasteiger partial charge in [-0.1, -0.05) is 10.3 Å². The van der Waals surface area contributed by atoms with Crippen LogP contribution in [0.2, 0.25) is 0 Å². The summed E-state index contributed by atoms with van der Waals surface area (Å²) in [6.45, 7) is 9.13. The largest absolute Gasteiger partial charge is 0.361 e. The van der Waals surface area contributed by atoms with Gasteiger partial charge in [0.15, 0.2) is 5.82 Å². The van der Waals surface area contributed by atoms with Crippen LogP contribution in [0.1, 0.15) is 48.5 Å². The van der Waals surface area contributed by atoms with Crippen molar-refractivity contribution in [1.82, 2.24) is 25.5 Å². The molecule has 3 heterocycles. The summed E-state index contributed by atoms with van der Waals surface area (Å²) in [5, 5.41) is 11.0. The van der Waals surface area contributed by atoms with Gasteiger partial charge in [-0.15, -0.1) is 0 Å². The Bertz CT molecular complexity index is 734. The predicted molar refractivity (Wildman–Crippen MR) is 94.7 cm³/mol. The molecule has 1 aliphatic heterocycles. The van der Waals surface area contributed by atoms with Crippen LogP contribution in [0.5, 0.6) is 0 Å². The van der Waals surface area contributed by atoms with Crippen LogP contribution in [0.15, 0.2) is 9.05 Å². The fourth-order valence-corrected chi connectivity index (χ4v) is 3.55. The summed E-state index contributed by atoms with van der Waals surface area (Å²) >= 11 is 0. The number of nitrogens with zero attached hydrogens (tertiary/aromatic N) is 4. The lowest BCUT2D eigenvalue weighted by atomic mass is 9.94. The van der Waals surface area contributed by atoms with Crippen LogP contribution < -0.4 is 5.32 Å². The van der Waals surface area contributed by atoms with Crippen molar-refractivity contribution in [3.05, 3.63) is 28.7 Å². The lowest BCUT2D eigenvalue weighted by molar-refractivity contribution is 0.161. The molecule has 142 valence electrons. The number of rotatable bonds is 5. The first kappa shape index (κ1) is 18.4. The third-order valence-electron chi connectivity index (χ3n) is 4.91. The van der Waals surface area contributed by atoms with Crippen LogP contribution in [0.4, 0.5) is 4.79 Å². The molecular weight excluding hydrogens is 334 g/mol. The van der Waals surface area contributed by atoms with Crippen molar-refractivity contribution in [1.29, 1.82) is 0 Å². The van der Waals surface area contributed by atoms with Gasteiger partial charge in [0.1, 0.15) is 5.76 Å². The van der Waals surface area contributed by atoms with Gasteiger partial charge in [0.2, 0.25) is 5.89 Å². The molecule has 1 fully saturated rings. The number of hydrogen-bond donors (Lipinski definition) is 1. The van der Waals surface area contributed by atoms with E-state index in [0.29, 0.717) is 18.2 Å². The van der Waals surface area contributed by atoms with Crippen LogP contribution in [0, 0.1) is 26.7 Å². The van der Waals surface area contributed by atoms with E-state index in [1.165, 1.54) is 0 Å². The molecule has 0 aliphatic carbocycles. The van der Waals surface area contributed by atoms with E-state index in [-0.39, 0.29) is 12.1 Å². The van der Waals surface area contributed by atoms with Crippen LogP contribution in [-0.2, 0) is 12.8 Å². The molecule has 0 radical (unpaired) electrons. The highest BCUT2D eigenvalue weighted by atomic mass is 16.5. The number of carbonyl (C=O) groups is 1. The van der Waals surface area contributed by atoms with Gasteiger partial charge in [0.25, 0.3) is 0 Å². The van der Waals surface area contributed by atoms with Crippen molar-refractivity contribution in [3.8, 4) is 0 Å². The standard InChI is InChI=1S/C18H27N5O3/c1-11(8-16-12(2)21-25-13(16)3)19-18(24)23-7-5-6-15(10-23)9-17-20-14(4)26-22-17/h11,15H,5-10H2,1-4H3,(H,19,24). The number of piperidine rings is 1. The van der Waals surface area contributed by atoms with E-state index in [4.69, 9.17) is 9.05 Å². The second-order valence-electron chi connectivity index (χ2n) is 7.25. The molecule has 1 saturated heterocycles. The van der Waals surface area contributed by atoms with Gasteiger partial charge >= 0.3 is 6.03 Å². The molecule has 8 nitrogen and oxygen atoms in total. The second-order valence-corrected chi connectivity index (χ2v) is 7.25. The molecule has 26 heavy (non-hydrogen) atoms. The van der Waals surface area contributed by atoms with E-state index >= 15 is 0 Å². The fourth-order valence-electron chi connectivity index (χ4n) is 3.55. The minimum Gasteiger partial charge on any atom is -0.361 e. The number of carbonyl (C=O) groups excluding carboxylic acids is 1. The Morgan fingerprint density at radius 2 is 2.12 bits per heavy atom. The van der Waals surface area contributed by atoms with Gasteiger partial charge in [-0.2, -0.15) is 4.98 Å². The second kappa shape index (κ2) is 7.88. The molecule has 3 rings (SSSR count). The Morgan fingerprint density at radius 3 is 2.77 bits per heavy atom. The average Bonchev–Trinajstić information content (AvgIpc) is 3.15. The summed E-state index contributed by atoms with van der Waals surface area (Å²) < 4.78 is 10.2. The highest BCUT2D eigenvalue weighted by Gasteiger charge is 2.26. The maximum Gasteiger partial charge on any atom is 0.317 e. The van der Waals surface area contributed by atoms with E-state index in [2.05, 4.69) is 20.6 Å². The molecule has 0 saturated carbocycles. The van der Waals surface area contributed by atoms with Gasteiger partial charge in [-0.25, -0.2) is 4.79 Å². The minimum absolute atomic E-state index is 0.0135. The van der Waals surface area contributed by atoms with E-state index in [9.17, 15) is 4.79 Å². The van der Waals surface area contributed by atoms with Crippen molar-refractivity contribution in [2.24, 2.45) is 5.92 Å². The quantitative estimate of drug-likeness (QED) is 0.879. The first-order valence-corrected chi connectivity index (χ1v) is 9.18. The highest BCUT2D eigenvalue weighted by molar-refractivity contribution is 5.74. The molecule has 1 aliphatic rings. The molecule has 1 N–H and O–H groups in total. The number of aryl methyl sites for hydroxylation is 3. The predicted octanol–water partition coefficient (Wildman–Crippen LogP) is 2.58. The van der Waals surface area contributed by atoms with Crippen molar-refractivity contribution >= 4 is 6.03 Å². The average molecular weight is 361 g/mol. The molecule has 8 heteroatoms. The van der Waals surface area contributed by atoms with Gasteiger partial charge < -0.3 is 19.3 Å². The summed E-state index contributed by atoms with van der Waals surface area (Å²) in [5.41, 5.74) is 1.96. The number of likely N-dealkylation sites (tertiary alicyclic amines) is 1. The Labute approximate surface area is 153 Å². The Hall–Kier alpha value is -2.38. The van der Waals surface area contributed by atoms with Crippen molar-refractivity contribution in [2.45, 2.75) is 59.4 Å². The molecule has 0 bridgehead atoms. The summed E-state index contributed by atoms with van der Waals surface area (Å²) in [6, 6.07) is -0.00205. The van der Waals surface area contributed by atoms with E-state index < -0.39 is 0 Å². The fraction of sp³-hybridized carbons (Fsp3) is 0.667. The summed E-state index contributed by atoms with van der Waals surface area (Å²) in [5.74, 6) is 2.49. The molecule has 2 aromatic rings. The molecule has 2 amide bonds. The summed E-state index contributed by atoms with van der Waals surface area (Å²) in [4.78, 5) is 18.8. The van der Waals surface area contributed by atoms with Crippen LogP contribution >= 0.6 is 0 Å². The first-order chi connectivity index (χ1) is 12.4. The third-order valence-corrected chi connectivity index (χ3v) is 4.91. The zero-order valence-corrected chi connectivity index (χ0v) is 15.9. The molecule has 0 spiro atoms. The lowest BCUT2D eigenvalue weighted by Crippen LogP contribution is -2.48. The maximum atomic E-state index is 12.6. The minimum atomic E-state index is -0.0155. The smallest absolute Gasteiger partial charge is 0.317 e. The number of hydrogen-bond acceptors (Lipinski definition) is 6. The molecule has 2 atom stereocenters. The number of nitrogens with one attached hydrogen (secondary N) is 1. The topological polar surface area (TPSA) is 97.3 Å². The molecule has 2 unspecified atom stereocenters. The number of amides is 2. The van der Waals surface area contributed by atoms with Crippen molar-refractivity contribution in [2.75, 3.05) is 13.1 Å². The molecular formula is C18H27N5O3. The first-order valence-electron chi connectivity index (χ1n) is 9.18. The van der Waals surface area contributed by atoms with Gasteiger partial charge in [0, 0.05) is 38.0 Å². The molecule has 0 aromatic carbocycles. The van der Waals surface area contributed by atoms with Gasteiger partial charge in [-0.05, 0) is 46.0 Å². The lowest BCUT2D eigenvalue weighted by Gasteiger charge is -2.33. The third kappa shape index (κ3) is 4.42. The molecule has 2 aromatic heterocycles. The Balaban J connectivity index is 1.52. The van der Waals surface area contributed by atoms with E-state index in [0.717, 1.165) is 55.2 Å². The Morgan fingerprint density at radius 1 is 1.31 bits per heavy atom. The van der Waals surface area contributed by atoms with E-state index in [1.807, 2.05) is 25.7 Å². The highest BCUT2D eigenvalue weighted by Crippen LogP contribution is 2.20. The van der Waals surface area contributed by atoms with E-state index in [1.54, 1.807) is 6.92 Å². The number of aromatic nitrogens is 3. The maximum absolute atomic E-state index is 12.6. The van der Waals surface area contributed by atoms with Crippen LogP contribution in [0.3, 0.4) is 0 Å². The zero-order valence-electron chi connectivity index (χ0n) is 15.9.